The molecule has 0 aliphatic heterocycles. The van der Waals surface area contributed by atoms with Gasteiger partial charge in [-0.15, -0.1) is 21.8 Å². The van der Waals surface area contributed by atoms with E-state index in [4.69, 9.17) is 11.6 Å². The molecule has 2 aromatic heterocycles. The van der Waals surface area contributed by atoms with Crippen molar-refractivity contribution in [1.82, 2.24) is 14.6 Å². The fourth-order valence-corrected chi connectivity index (χ4v) is 2.50. The highest BCUT2D eigenvalue weighted by molar-refractivity contribution is 6.17. The number of nitrogens with zero attached hydrogens (tertiary/aromatic N) is 3. The monoisotopic (exact) mass is 259 g/mol. The van der Waals surface area contributed by atoms with Crippen LogP contribution in [0, 0.1) is 6.92 Å². The highest BCUT2D eigenvalue weighted by atomic mass is 35.5. The molecule has 0 unspecified atom stereocenters. The topological polar surface area (TPSA) is 30.2 Å². The van der Waals surface area contributed by atoms with E-state index in [1.165, 1.54) is 10.9 Å². The van der Waals surface area contributed by atoms with E-state index in [0.29, 0.717) is 5.88 Å². The first kappa shape index (κ1) is 11.5. The molecule has 3 nitrogen and oxygen atoms in total. The molecule has 0 aliphatic rings. The fraction of sp³-hybridized carbons (Fsp3) is 0.286. The molecule has 1 aromatic carbocycles. The molecule has 3 aromatic rings. The number of halogens is 1. The molecule has 4 heteroatoms. The van der Waals surface area contributed by atoms with E-state index < -0.39 is 0 Å². The average Bonchev–Trinajstić information content (AvgIpc) is 2.79. The number of pyridine rings is 1. The van der Waals surface area contributed by atoms with Gasteiger partial charge in [-0.05, 0) is 42.8 Å². The lowest BCUT2D eigenvalue weighted by atomic mass is 10.1. The van der Waals surface area contributed by atoms with Crippen LogP contribution >= 0.6 is 11.6 Å². The van der Waals surface area contributed by atoms with Crippen LogP contribution in [0.15, 0.2) is 30.3 Å². The van der Waals surface area contributed by atoms with Crippen LogP contribution in [0.4, 0.5) is 0 Å². The third-order valence-electron chi connectivity index (χ3n) is 3.20. The molecular weight excluding hydrogens is 246 g/mol. The summed E-state index contributed by atoms with van der Waals surface area (Å²) in [7, 11) is 0. The molecular formula is C14H14ClN3. The van der Waals surface area contributed by atoms with E-state index >= 15 is 0 Å². The molecule has 0 fully saturated rings. The smallest absolute Gasteiger partial charge is 0.164 e. The number of aromatic nitrogens is 3. The lowest BCUT2D eigenvalue weighted by Gasteiger charge is -2.07. The summed E-state index contributed by atoms with van der Waals surface area (Å²) in [5, 5.41) is 9.71. The van der Waals surface area contributed by atoms with E-state index in [-0.39, 0.29) is 0 Å². The Morgan fingerprint density at radius 1 is 1.22 bits per heavy atom. The zero-order valence-electron chi connectivity index (χ0n) is 10.2. The number of alkyl halides is 1. The van der Waals surface area contributed by atoms with Gasteiger partial charge in [-0.25, -0.2) is 0 Å². The zero-order chi connectivity index (χ0) is 12.5. The molecule has 0 N–H and O–H groups in total. The second-order valence-corrected chi connectivity index (χ2v) is 4.81. The van der Waals surface area contributed by atoms with Crippen molar-refractivity contribution < 1.29 is 0 Å². The number of aryl methyl sites for hydroxylation is 2. The Morgan fingerprint density at radius 2 is 2.06 bits per heavy atom. The summed E-state index contributed by atoms with van der Waals surface area (Å²) in [5.74, 6) is 1.60. The third kappa shape index (κ3) is 1.75. The lowest BCUT2D eigenvalue weighted by molar-refractivity contribution is 0.926. The quantitative estimate of drug-likeness (QED) is 0.675. The van der Waals surface area contributed by atoms with Crippen molar-refractivity contribution in [3.63, 3.8) is 0 Å². The molecule has 18 heavy (non-hydrogen) atoms. The van der Waals surface area contributed by atoms with Gasteiger partial charge in [0.1, 0.15) is 5.82 Å². The molecule has 3 rings (SSSR count). The highest BCUT2D eigenvalue weighted by Gasteiger charge is 2.10. The summed E-state index contributed by atoms with van der Waals surface area (Å²) in [5.41, 5.74) is 3.33. The molecule has 0 aliphatic carbocycles. The van der Waals surface area contributed by atoms with Crippen LogP contribution in [-0.4, -0.2) is 20.5 Å². The molecule has 0 spiro atoms. The normalized spacial score (nSPS) is 11.4. The second-order valence-electron chi connectivity index (χ2n) is 4.43. The van der Waals surface area contributed by atoms with E-state index in [9.17, 15) is 0 Å². The van der Waals surface area contributed by atoms with Crippen molar-refractivity contribution in [2.24, 2.45) is 0 Å². The molecule has 2 heterocycles. The average molecular weight is 260 g/mol. The summed E-state index contributed by atoms with van der Waals surface area (Å²) in [6.07, 6.45) is 1.90. The van der Waals surface area contributed by atoms with Crippen molar-refractivity contribution in [3.05, 3.63) is 41.7 Å². The van der Waals surface area contributed by atoms with Crippen LogP contribution < -0.4 is 0 Å². The van der Waals surface area contributed by atoms with Crippen molar-refractivity contribution >= 4 is 28.2 Å². The number of fused-ring (bicyclic) bond motifs is 3. The van der Waals surface area contributed by atoms with Crippen molar-refractivity contribution in [1.29, 1.82) is 0 Å². The van der Waals surface area contributed by atoms with Crippen molar-refractivity contribution in [2.75, 3.05) is 5.88 Å². The van der Waals surface area contributed by atoms with Crippen LogP contribution in [0.2, 0.25) is 0 Å². The van der Waals surface area contributed by atoms with Gasteiger partial charge in [0.2, 0.25) is 0 Å². The van der Waals surface area contributed by atoms with Gasteiger partial charge in [0.25, 0.3) is 0 Å². The summed E-state index contributed by atoms with van der Waals surface area (Å²) < 4.78 is 2.12. The van der Waals surface area contributed by atoms with E-state index in [2.05, 4.69) is 38.9 Å². The zero-order valence-corrected chi connectivity index (χ0v) is 11.0. The Balaban J connectivity index is 2.33. The number of rotatable bonds is 3. The van der Waals surface area contributed by atoms with Gasteiger partial charge in [0.15, 0.2) is 5.65 Å². The minimum Gasteiger partial charge on any atom is -0.279 e. The van der Waals surface area contributed by atoms with Crippen LogP contribution in [0.25, 0.3) is 16.6 Å². The Kier molecular flexibility index (Phi) is 2.92. The largest absolute Gasteiger partial charge is 0.279 e. The summed E-state index contributed by atoms with van der Waals surface area (Å²) in [6, 6.07) is 10.5. The molecule has 0 atom stereocenters. The number of para-hydroxylation sites is 1. The van der Waals surface area contributed by atoms with Crippen molar-refractivity contribution in [3.8, 4) is 0 Å². The second kappa shape index (κ2) is 4.58. The van der Waals surface area contributed by atoms with Gasteiger partial charge in [-0.3, -0.25) is 4.40 Å². The maximum atomic E-state index is 5.78. The first-order chi connectivity index (χ1) is 8.81. The minimum absolute atomic E-state index is 0.673. The Labute approximate surface area is 110 Å². The molecule has 0 amide bonds. The predicted octanol–water partition coefficient (Wildman–Crippen LogP) is 3.36. The first-order valence-corrected chi connectivity index (χ1v) is 6.63. The number of hydrogen-bond donors (Lipinski definition) is 0. The molecule has 0 saturated carbocycles. The van der Waals surface area contributed by atoms with Gasteiger partial charge in [0, 0.05) is 5.88 Å². The highest BCUT2D eigenvalue weighted by Crippen LogP contribution is 2.22. The van der Waals surface area contributed by atoms with E-state index in [1.807, 2.05) is 13.0 Å². The van der Waals surface area contributed by atoms with Crippen LogP contribution in [0.5, 0.6) is 0 Å². The summed E-state index contributed by atoms with van der Waals surface area (Å²) in [4.78, 5) is 0. The van der Waals surface area contributed by atoms with Gasteiger partial charge in [0.05, 0.1) is 5.52 Å². The predicted molar refractivity (Wildman–Crippen MR) is 74.3 cm³/mol. The van der Waals surface area contributed by atoms with Gasteiger partial charge >= 0.3 is 0 Å². The van der Waals surface area contributed by atoms with E-state index in [1.54, 1.807) is 0 Å². The first-order valence-electron chi connectivity index (χ1n) is 6.09. The Bertz CT molecular complexity index is 703. The fourth-order valence-electron chi connectivity index (χ4n) is 2.37. The lowest BCUT2D eigenvalue weighted by Crippen LogP contribution is -1.97. The van der Waals surface area contributed by atoms with Crippen LogP contribution in [-0.2, 0) is 6.42 Å². The SMILES string of the molecule is Cc1nnc2c(CCCCl)cc3ccccc3n12. The number of hydrogen-bond acceptors (Lipinski definition) is 2. The summed E-state index contributed by atoms with van der Waals surface area (Å²) >= 11 is 5.78. The number of benzene rings is 1. The standard InChI is InChI=1S/C14H14ClN3/c1-10-16-17-14-12(6-4-8-15)9-11-5-2-3-7-13(11)18(10)14/h2-3,5,7,9H,4,6,8H2,1H3. The van der Waals surface area contributed by atoms with Crippen LogP contribution in [0.3, 0.4) is 0 Å². The molecule has 92 valence electrons. The third-order valence-corrected chi connectivity index (χ3v) is 3.47. The van der Waals surface area contributed by atoms with Crippen molar-refractivity contribution in [2.45, 2.75) is 19.8 Å². The molecule has 0 radical (unpaired) electrons. The Morgan fingerprint density at radius 3 is 2.89 bits per heavy atom. The van der Waals surface area contributed by atoms with Gasteiger partial charge < -0.3 is 0 Å². The van der Waals surface area contributed by atoms with E-state index in [0.717, 1.165) is 29.8 Å². The summed E-state index contributed by atoms with van der Waals surface area (Å²) in [6.45, 7) is 1.98. The maximum absolute atomic E-state index is 5.78. The Hall–Kier alpha value is -1.61. The minimum atomic E-state index is 0.673. The molecule has 0 bridgehead atoms. The maximum Gasteiger partial charge on any atom is 0.164 e. The van der Waals surface area contributed by atoms with Gasteiger partial charge in [-0.2, -0.15) is 0 Å². The van der Waals surface area contributed by atoms with Crippen LogP contribution in [0.1, 0.15) is 17.8 Å². The van der Waals surface area contributed by atoms with Gasteiger partial charge in [-0.1, -0.05) is 18.2 Å². The molecule has 0 saturated heterocycles.